The fourth-order valence-corrected chi connectivity index (χ4v) is 2.79. The summed E-state index contributed by atoms with van der Waals surface area (Å²) in [5.74, 6) is -0.587. The van der Waals surface area contributed by atoms with Crippen LogP contribution >= 0.6 is 15.9 Å². The Hall–Kier alpha value is -2.15. The van der Waals surface area contributed by atoms with Crippen molar-refractivity contribution in [2.24, 2.45) is 0 Å². The van der Waals surface area contributed by atoms with Crippen LogP contribution in [0.4, 0.5) is 19.3 Å². The molecule has 7 heteroatoms. The Morgan fingerprint density at radius 2 is 1.89 bits per heavy atom. The van der Waals surface area contributed by atoms with Gasteiger partial charge < -0.3 is 15.4 Å². The summed E-state index contributed by atoms with van der Waals surface area (Å²) in [5, 5.41) is 4.85. The highest BCUT2D eigenvalue weighted by molar-refractivity contribution is 9.10. The van der Waals surface area contributed by atoms with Gasteiger partial charge in [0.1, 0.15) is 17.4 Å². The summed E-state index contributed by atoms with van der Waals surface area (Å²) in [6, 6.07) is 8.25. The summed E-state index contributed by atoms with van der Waals surface area (Å²) < 4.78 is 33.1. The van der Waals surface area contributed by atoms with Crippen LogP contribution in [0.25, 0.3) is 0 Å². The van der Waals surface area contributed by atoms with Crippen molar-refractivity contribution in [2.45, 2.75) is 32.6 Å². The molecule has 0 aliphatic rings. The predicted octanol–water partition coefficient (Wildman–Crippen LogP) is 5.62. The molecule has 0 atom stereocenters. The molecule has 2 rings (SSSR count). The third-order valence-corrected chi connectivity index (χ3v) is 4.46. The molecule has 0 aromatic heterocycles. The molecule has 0 heterocycles. The van der Waals surface area contributed by atoms with Crippen LogP contribution in [0.1, 0.15) is 32.8 Å². The lowest BCUT2D eigenvalue weighted by Crippen LogP contribution is -2.30. The Balaban J connectivity index is 1.74. The predicted molar refractivity (Wildman–Crippen MR) is 106 cm³/mol. The summed E-state index contributed by atoms with van der Waals surface area (Å²) in [6.07, 6.45) is 0.562. The molecule has 4 nitrogen and oxygen atoms in total. The maximum Gasteiger partial charge on any atom is 0.319 e. The first-order valence-electron chi connectivity index (χ1n) is 8.59. The molecule has 0 radical (unpaired) electrons. The molecule has 2 amide bonds. The van der Waals surface area contributed by atoms with Gasteiger partial charge in [0.2, 0.25) is 0 Å². The van der Waals surface area contributed by atoms with E-state index in [0.717, 1.165) is 28.4 Å². The average Bonchev–Trinajstić information content (AvgIpc) is 2.58. The van der Waals surface area contributed by atoms with Gasteiger partial charge >= 0.3 is 6.03 Å². The normalized spacial score (nSPS) is 11.2. The number of urea groups is 1. The number of halogens is 3. The molecule has 0 bridgehead atoms. The van der Waals surface area contributed by atoms with Crippen molar-refractivity contribution in [3.63, 3.8) is 0 Å². The molecule has 0 spiro atoms. The first kappa shape index (κ1) is 21.2. The van der Waals surface area contributed by atoms with E-state index < -0.39 is 17.7 Å². The number of rotatable bonds is 6. The van der Waals surface area contributed by atoms with E-state index in [1.165, 1.54) is 5.56 Å². The first-order chi connectivity index (χ1) is 12.7. The van der Waals surface area contributed by atoms with Gasteiger partial charge in [-0.2, -0.15) is 0 Å². The molecule has 0 aliphatic carbocycles. The molecule has 0 unspecified atom stereocenters. The van der Waals surface area contributed by atoms with Crippen molar-refractivity contribution in [3.8, 4) is 5.75 Å². The van der Waals surface area contributed by atoms with Crippen LogP contribution in [0.5, 0.6) is 5.75 Å². The highest BCUT2D eigenvalue weighted by Gasteiger charge is 2.15. The fraction of sp³-hybridized carbons (Fsp3) is 0.350. The molecule has 0 aliphatic heterocycles. The van der Waals surface area contributed by atoms with E-state index in [4.69, 9.17) is 4.74 Å². The Bertz CT molecular complexity index is 807. The van der Waals surface area contributed by atoms with Gasteiger partial charge in [0.05, 0.1) is 16.8 Å². The van der Waals surface area contributed by atoms with Gasteiger partial charge in [0, 0.05) is 12.6 Å². The molecular formula is C20H23BrF2N2O2. The van der Waals surface area contributed by atoms with E-state index in [1.54, 1.807) is 0 Å². The second-order valence-electron chi connectivity index (χ2n) is 7.10. The Morgan fingerprint density at radius 1 is 1.15 bits per heavy atom. The SMILES string of the molecule is CC(C)(C)c1ccc(OCCCNC(=O)Nc2cc(F)ccc2F)c(Br)c1. The molecule has 2 aromatic carbocycles. The van der Waals surface area contributed by atoms with Crippen LogP contribution < -0.4 is 15.4 Å². The summed E-state index contributed by atoms with van der Waals surface area (Å²) in [6.45, 7) is 7.16. The summed E-state index contributed by atoms with van der Waals surface area (Å²) >= 11 is 3.51. The van der Waals surface area contributed by atoms with Gasteiger partial charge in [-0.1, -0.05) is 26.8 Å². The molecule has 2 aromatic rings. The van der Waals surface area contributed by atoms with Gasteiger partial charge in [0.15, 0.2) is 0 Å². The lowest BCUT2D eigenvalue weighted by atomic mass is 9.87. The third-order valence-electron chi connectivity index (χ3n) is 3.84. The van der Waals surface area contributed by atoms with Gasteiger partial charge in [-0.05, 0) is 57.6 Å². The van der Waals surface area contributed by atoms with Crippen LogP contribution in [0, 0.1) is 11.6 Å². The van der Waals surface area contributed by atoms with E-state index in [2.05, 4.69) is 47.3 Å². The molecule has 2 N–H and O–H groups in total. The maximum absolute atomic E-state index is 13.5. The second-order valence-corrected chi connectivity index (χ2v) is 7.96. The number of hydrogen-bond donors (Lipinski definition) is 2. The number of carbonyl (C=O) groups is 1. The summed E-state index contributed by atoms with van der Waals surface area (Å²) in [4.78, 5) is 11.7. The minimum absolute atomic E-state index is 0.0550. The number of benzene rings is 2. The Labute approximate surface area is 166 Å². The molecular weight excluding hydrogens is 418 g/mol. The van der Waals surface area contributed by atoms with Crippen LogP contribution in [-0.4, -0.2) is 19.2 Å². The standard InChI is InChI=1S/C20H23BrF2N2O2/c1-20(2,3)13-5-8-18(15(21)11-13)27-10-4-9-24-19(26)25-17-12-14(22)6-7-16(17)23/h5-8,11-12H,4,9-10H2,1-3H3,(H2,24,25,26). The van der Waals surface area contributed by atoms with Crippen LogP contribution in [-0.2, 0) is 5.41 Å². The highest BCUT2D eigenvalue weighted by atomic mass is 79.9. The van der Waals surface area contributed by atoms with E-state index in [1.807, 2.05) is 18.2 Å². The average molecular weight is 441 g/mol. The number of carbonyl (C=O) groups excluding carboxylic acids is 1. The number of amides is 2. The quantitative estimate of drug-likeness (QED) is 0.573. The highest BCUT2D eigenvalue weighted by Crippen LogP contribution is 2.31. The van der Waals surface area contributed by atoms with Gasteiger partial charge in [0.25, 0.3) is 0 Å². The van der Waals surface area contributed by atoms with Gasteiger partial charge in [-0.3, -0.25) is 0 Å². The molecule has 0 saturated heterocycles. The lowest BCUT2D eigenvalue weighted by molar-refractivity contribution is 0.250. The number of nitrogens with one attached hydrogen (secondary N) is 2. The number of anilines is 1. The van der Waals surface area contributed by atoms with E-state index >= 15 is 0 Å². The van der Waals surface area contributed by atoms with Crippen molar-refractivity contribution in [1.82, 2.24) is 5.32 Å². The molecule has 27 heavy (non-hydrogen) atoms. The largest absolute Gasteiger partial charge is 0.492 e. The van der Waals surface area contributed by atoms with Crippen molar-refractivity contribution >= 4 is 27.6 Å². The Morgan fingerprint density at radius 3 is 2.56 bits per heavy atom. The Kier molecular flexibility index (Phi) is 7.18. The minimum Gasteiger partial charge on any atom is -0.492 e. The van der Waals surface area contributed by atoms with Crippen molar-refractivity contribution in [1.29, 1.82) is 0 Å². The smallest absolute Gasteiger partial charge is 0.319 e. The monoisotopic (exact) mass is 440 g/mol. The second kappa shape index (κ2) is 9.17. The first-order valence-corrected chi connectivity index (χ1v) is 9.39. The van der Waals surface area contributed by atoms with Crippen molar-refractivity contribution in [2.75, 3.05) is 18.5 Å². The zero-order valence-electron chi connectivity index (χ0n) is 15.5. The van der Waals surface area contributed by atoms with Gasteiger partial charge in [-0.15, -0.1) is 0 Å². The van der Waals surface area contributed by atoms with Crippen LogP contribution in [0.2, 0.25) is 0 Å². The molecule has 146 valence electrons. The van der Waals surface area contributed by atoms with Crippen molar-refractivity contribution in [3.05, 3.63) is 58.1 Å². The summed E-state index contributed by atoms with van der Waals surface area (Å²) in [5.41, 5.74) is 1.05. The van der Waals surface area contributed by atoms with E-state index in [9.17, 15) is 13.6 Å². The van der Waals surface area contributed by atoms with Crippen LogP contribution in [0.15, 0.2) is 40.9 Å². The minimum atomic E-state index is -0.696. The zero-order valence-corrected chi connectivity index (χ0v) is 17.1. The maximum atomic E-state index is 13.5. The van der Waals surface area contributed by atoms with E-state index in [0.29, 0.717) is 19.6 Å². The number of ether oxygens (including phenoxy) is 1. The number of hydrogen-bond acceptors (Lipinski definition) is 2. The molecule has 0 saturated carbocycles. The van der Waals surface area contributed by atoms with Gasteiger partial charge in [-0.25, -0.2) is 13.6 Å². The topological polar surface area (TPSA) is 50.4 Å². The fourth-order valence-electron chi connectivity index (χ4n) is 2.30. The van der Waals surface area contributed by atoms with Crippen molar-refractivity contribution < 1.29 is 18.3 Å². The van der Waals surface area contributed by atoms with Crippen LogP contribution in [0.3, 0.4) is 0 Å². The zero-order chi connectivity index (χ0) is 20.0. The third kappa shape index (κ3) is 6.50. The summed E-state index contributed by atoms with van der Waals surface area (Å²) in [7, 11) is 0. The molecule has 0 fully saturated rings. The lowest BCUT2D eigenvalue weighted by Gasteiger charge is -2.20. The van der Waals surface area contributed by atoms with E-state index in [-0.39, 0.29) is 11.1 Å².